The summed E-state index contributed by atoms with van der Waals surface area (Å²) in [6.07, 6.45) is 2.02. The number of amides is 1. The minimum atomic E-state index is -1.47. The highest BCUT2D eigenvalue weighted by Crippen LogP contribution is 2.47. The first-order valence-corrected chi connectivity index (χ1v) is 21.2. The van der Waals surface area contributed by atoms with E-state index in [9.17, 15) is 10.1 Å². The van der Waals surface area contributed by atoms with Gasteiger partial charge in [0.15, 0.2) is 11.6 Å². The molecule has 2 aliphatic heterocycles. The third-order valence-corrected chi connectivity index (χ3v) is 11.9. The average molecular weight is 724 g/mol. The molecular formula is C35H43F2N7O4SSi. The molecule has 1 unspecified atom stereocenters. The summed E-state index contributed by atoms with van der Waals surface area (Å²) < 4.78 is 50.5. The summed E-state index contributed by atoms with van der Waals surface area (Å²) in [5.74, 6) is -0.638. The molecule has 0 saturated carbocycles. The van der Waals surface area contributed by atoms with Gasteiger partial charge in [0.05, 0.1) is 59.6 Å². The number of hydrogen-bond donors (Lipinski definition) is 1. The molecule has 1 aromatic carbocycles. The van der Waals surface area contributed by atoms with Crippen molar-refractivity contribution in [1.82, 2.24) is 24.8 Å². The number of pyridine rings is 1. The maximum Gasteiger partial charge on any atom is 0.412 e. The standard InChI is InChI=1S/C35H43F2N7O4SSi/c1-35(2,3)48-34(45)42-33-18(14-38)25-28(39-15-21(36)30(25)49-33)24-19-16-46-17-20(19)26-29(27(24)37)40-31(22-10-11-23(43(4)5)44(22)6)41-32(26)47-12-13-50(7,8)9/h15,22-23H,10-13,16-17H2,1-9H3,(H,42,45)/t22?,23-/m1/s1. The highest BCUT2D eigenvalue weighted by molar-refractivity contribution is 7.23. The predicted molar refractivity (Wildman–Crippen MR) is 192 cm³/mol. The largest absolute Gasteiger partial charge is 0.477 e. The zero-order valence-corrected chi connectivity index (χ0v) is 31.8. The smallest absolute Gasteiger partial charge is 0.412 e. The van der Waals surface area contributed by atoms with Crippen LogP contribution in [0.3, 0.4) is 0 Å². The van der Waals surface area contributed by atoms with E-state index in [1.165, 1.54) is 0 Å². The molecule has 0 radical (unpaired) electrons. The fourth-order valence-electron chi connectivity index (χ4n) is 6.67. The molecular weight excluding hydrogens is 681 g/mol. The molecule has 266 valence electrons. The van der Waals surface area contributed by atoms with Gasteiger partial charge in [0.1, 0.15) is 28.0 Å². The van der Waals surface area contributed by atoms with Gasteiger partial charge in [0.2, 0.25) is 5.88 Å². The lowest BCUT2D eigenvalue weighted by molar-refractivity contribution is 0.0636. The number of nitrogens with one attached hydrogen (secondary N) is 1. The van der Waals surface area contributed by atoms with Gasteiger partial charge in [-0.2, -0.15) is 10.2 Å². The Labute approximate surface area is 295 Å². The lowest BCUT2D eigenvalue weighted by atomic mass is 9.93. The number of hydrogen-bond acceptors (Lipinski definition) is 11. The molecule has 3 aromatic heterocycles. The molecule has 11 nitrogen and oxygen atoms in total. The molecule has 15 heteroatoms. The van der Waals surface area contributed by atoms with Gasteiger partial charge >= 0.3 is 6.09 Å². The summed E-state index contributed by atoms with van der Waals surface area (Å²) in [6, 6.07) is 2.78. The Kier molecular flexibility index (Phi) is 9.64. The van der Waals surface area contributed by atoms with Crippen molar-refractivity contribution in [3.63, 3.8) is 0 Å². The minimum Gasteiger partial charge on any atom is -0.477 e. The van der Waals surface area contributed by atoms with Gasteiger partial charge in [0.25, 0.3) is 0 Å². The molecule has 1 amide bonds. The summed E-state index contributed by atoms with van der Waals surface area (Å²) in [7, 11) is 4.59. The van der Waals surface area contributed by atoms with E-state index >= 15 is 8.78 Å². The number of aromatic nitrogens is 3. The zero-order chi connectivity index (χ0) is 36.3. The van der Waals surface area contributed by atoms with Crippen LogP contribution in [0, 0.1) is 23.0 Å². The maximum absolute atomic E-state index is 17.4. The molecule has 0 spiro atoms. The fourth-order valence-corrected chi connectivity index (χ4v) is 8.43. The molecule has 1 saturated heterocycles. The number of likely N-dealkylation sites (tertiary alicyclic amines) is 1. The van der Waals surface area contributed by atoms with Gasteiger partial charge in [0, 0.05) is 19.0 Å². The van der Waals surface area contributed by atoms with Crippen LogP contribution in [0.1, 0.15) is 62.2 Å². The number of carbonyl (C=O) groups excluding carboxylic acids is 1. The van der Waals surface area contributed by atoms with Crippen LogP contribution >= 0.6 is 11.3 Å². The molecule has 5 heterocycles. The van der Waals surface area contributed by atoms with Crippen LogP contribution in [0.25, 0.3) is 32.2 Å². The zero-order valence-electron chi connectivity index (χ0n) is 30.0. The van der Waals surface area contributed by atoms with Crippen molar-refractivity contribution in [3.8, 4) is 23.2 Å². The SMILES string of the molecule is CN(C)[C@H]1CCC(c2nc(OCC[Si](C)(C)C)c3c4c(c(-c5ncc(F)c6sc(NC(=O)OC(C)(C)C)c(C#N)c56)c(F)c3n2)COC4)N1C. The van der Waals surface area contributed by atoms with Crippen molar-refractivity contribution in [3.05, 3.63) is 40.3 Å². The fraction of sp³-hybridized carbons (Fsp3) is 0.514. The van der Waals surface area contributed by atoms with Crippen LogP contribution in [0.4, 0.5) is 18.6 Å². The third kappa shape index (κ3) is 6.79. The lowest BCUT2D eigenvalue weighted by Crippen LogP contribution is -2.39. The second kappa shape index (κ2) is 13.4. The van der Waals surface area contributed by atoms with E-state index in [1.54, 1.807) is 20.8 Å². The number of anilines is 1. The summed E-state index contributed by atoms with van der Waals surface area (Å²) in [4.78, 5) is 31.3. The maximum atomic E-state index is 17.4. The van der Waals surface area contributed by atoms with Crippen molar-refractivity contribution in [2.45, 2.75) is 90.3 Å². The van der Waals surface area contributed by atoms with E-state index in [-0.39, 0.29) is 62.8 Å². The lowest BCUT2D eigenvalue weighted by Gasteiger charge is -2.30. The Morgan fingerprint density at radius 3 is 2.54 bits per heavy atom. The molecule has 1 N–H and O–H groups in total. The predicted octanol–water partition coefficient (Wildman–Crippen LogP) is 7.80. The Hall–Kier alpha value is -3.81. The van der Waals surface area contributed by atoms with E-state index in [1.807, 2.05) is 21.1 Å². The van der Waals surface area contributed by atoms with Crippen molar-refractivity contribution in [1.29, 1.82) is 5.26 Å². The molecule has 0 aliphatic carbocycles. The number of carbonyl (C=O) groups is 1. The van der Waals surface area contributed by atoms with Crippen LogP contribution in [-0.4, -0.2) is 78.4 Å². The number of rotatable bonds is 8. The van der Waals surface area contributed by atoms with Crippen LogP contribution in [0.5, 0.6) is 5.88 Å². The molecule has 50 heavy (non-hydrogen) atoms. The van der Waals surface area contributed by atoms with Gasteiger partial charge in [-0.05, 0) is 71.9 Å². The summed E-state index contributed by atoms with van der Waals surface area (Å²) in [5, 5.41) is 13.5. The first kappa shape index (κ1) is 36.0. The Morgan fingerprint density at radius 1 is 1.18 bits per heavy atom. The van der Waals surface area contributed by atoms with E-state index in [0.717, 1.165) is 36.4 Å². The topological polar surface area (TPSA) is 126 Å². The molecule has 4 aromatic rings. The van der Waals surface area contributed by atoms with Crippen molar-refractivity contribution < 1.29 is 27.8 Å². The molecule has 0 bridgehead atoms. The van der Waals surface area contributed by atoms with E-state index in [2.05, 4.69) is 45.8 Å². The monoisotopic (exact) mass is 723 g/mol. The van der Waals surface area contributed by atoms with Crippen molar-refractivity contribution in [2.75, 3.05) is 33.1 Å². The highest BCUT2D eigenvalue weighted by atomic mass is 32.1. The minimum absolute atomic E-state index is 0.0471. The first-order chi connectivity index (χ1) is 23.5. The van der Waals surface area contributed by atoms with Crippen molar-refractivity contribution >= 4 is 51.5 Å². The van der Waals surface area contributed by atoms with Gasteiger partial charge in [-0.3, -0.25) is 20.1 Å². The molecule has 6 rings (SSSR count). The number of halogens is 2. The number of benzene rings is 1. The normalized spacial score (nSPS) is 18.2. The van der Waals surface area contributed by atoms with Gasteiger partial charge in [-0.15, -0.1) is 11.3 Å². The number of ether oxygens (including phenoxy) is 3. The molecule has 2 aliphatic rings. The Bertz CT molecular complexity index is 2040. The first-order valence-electron chi connectivity index (χ1n) is 16.6. The summed E-state index contributed by atoms with van der Waals surface area (Å²) in [5.41, 5.74) is 0.488. The van der Waals surface area contributed by atoms with Crippen molar-refractivity contribution in [2.24, 2.45) is 0 Å². The van der Waals surface area contributed by atoms with Crippen LogP contribution in [0.2, 0.25) is 25.7 Å². The third-order valence-electron chi connectivity index (χ3n) is 9.06. The van der Waals surface area contributed by atoms with E-state index in [4.69, 9.17) is 24.2 Å². The number of nitriles is 1. The summed E-state index contributed by atoms with van der Waals surface area (Å²) in [6.45, 7) is 12.5. The number of fused-ring (bicyclic) bond motifs is 4. The quantitative estimate of drug-likeness (QED) is 0.180. The Morgan fingerprint density at radius 2 is 1.90 bits per heavy atom. The average Bonchev–Trinajstić information content (AvgIpc) is 3.73. The van der Waals surface area contributed by atoms with E-state index < -0.39 is 31.4 Å². The second-order valence-corrected chi connectivity index (χ2v) is 22.0. The van der Waals surface area contributed by atoms with Gasteiger partial charge in [-0.25, -0.2) is 18.6 Å². The van der Waals surface area contributed by atoms with Gasteiger partial charge < -0.3 is 14.2 Å². The Balaban J connectivity index is 1.58. The number of nitrogens with zero attached hydrogens (tertiary/aromatic N) is 6. The number of thiophene rings is 1. The summed E-state index contributed by atoms with van der Waals surface area (Å²) >= 11 is 0.861. The molecule has 2 atom stereocenters. The second-order valence-electron chi connectivity index (χ2n) is 15.3. The highest BCUT2D eigenvalue weighted by Gasteiger charge is 2.37. The van der Waals surface area contributed by atoms with Crippen LogP contribution in [-0.2, 0) is 22.7 Å². The van der Waals surface area contributed by atoms with Crippen LogP contribution < -0.4 is 10.1 Å². The van der Waals surface area contributed by atoms with Crippen LogP contribution in [0.15, 0.2) is 6.20 Å². The van der Waals surface area contributed by atoms with E-state index in [0.29, 0.717) is 34.8 Å². The molecule has 1 fully saturated rings. The van der Waals surface area contributed by atoms with Gasteiger partial charge in [-0.1, -0.05) is 19.6 Å².